The van der Waals surface area contributed by atoms with Gasteiger partial charge in [-0.25, -0.2) is 4.79 Å². The molecule has 2 aromatic heterocycles. The summed E-state index contributed by atoms with van der Waals surface area (Å²) in [6.07, 6.45) is -4.90. The van der Waals surface area contributed by atoms with E-state index in [2.05, 4.69) is 4.74 Å². The zero-order valence-corrected chi connectivity index (χ0v) is 13.5. The van der Waals surface area contributed by atoms with Crippen LogP contribution in [0.4, 0.5) is 13.2 Å². The molecule has 0 saturated carbocycles. The van der Waals surface area contributed by atoms with E-state index in [1.165, 1.54) is 28.7 Å². The first kappa shape index (κ1) is 16.5. The number of halogens is 3. The Balaban J connectivity index is 2.28. The van der Waals surface area contributed by atoms with E-state index in [4.69, 9.17) is 0 Å². The highest BCUT2D eigenvalue weighted by Crippen LogP contribution is 2.42. The summed E-state index contributed by atoms with van der Waals surface area (Å²) < 4.78 is 41.6. The first-order valence-electron chi connectivity index (χ1n) is 6.60. The van der Waals surface area contributed by atoms with Crippen LogP contribution < -0.4 is 4.74 Å². The topological polar surface area (TPSA) is 46.5 Å². The monoisotopic (exact) mass is 370 g/mol. The van der Waals surface area contributed by atoms with Crippen LogP contribution >= 0.6 is 22.7 Å². The number of hydrogen-bond acceptors (Lipinski definition) is 4. The minimum atomic E-state index is -4.90. The predicted octanol–water partition coefficient (Wildman–Crippen LogP) is 5.74. The van der Waals surface area contributed by atoms with Gasteiger partial charge in [-0.15, -0.1) is 35.8 Å². The fourth-order valence-corrected chi connectivity index (χ4v) is 3.84. The molecule has 1 aromatic carbocycles. The van der Waals surface area contributed by atoms with Gasteiger partial charge in [0, 0.05) is 20.9 Å². The summed E-state index contributed by atoms with van der Waals surface area (Å²) in [6.45, 7) is 0. The normalized spacial score (nSPS) is 11.5. The first-order valence-corrected chi connectivity index (χ1v) is 8.36. The second kappa shape index (κ2) is 6.29. The average molecular weight is 370 g/mol. The van der Waals surface area contributed by atoms with Gasteiger partial charge in [0.05, 0.1) is 5.56 Å². The quantitative estimate of drug-likeness (QED) is 0.637. The molecule has 0 atom stereocenters. The lowest BCUT2D eigenvalue weighted by Gasteiger charge is -2.15. The number of rotatable bonds is 4. The second-order valence-corrected chi connectivity index (χ2v) is 6.60. The van der Waals surface area contributed by atoms with E-state index in [0.29, 0.717) is 20.9 Å². The van der Waals surface area contributed by atoms with E-state index in [1.807, 2.05) is 0 Å². The van der Waals surface area contributed by atoms with Gasteiger partial charge in [-0.3, -0.25) is 0 Å². The summed E-state index contributed by atoms with van der Waals surface area (Å²) in [6, 6.07) is 9.08. The van der Waals surface area contributed by atoms with Gasteiger partial charge in [-0.05, 0) is 35.0 Å². The van der Waals surface area contributed by atoms with Crippen molar-refractivity contribution in [2.45, 2.75) is 6.36 Å². The maximum absolute atomic E-state index is 12.6. The molecule has 0 unspecified atom stereocenters. The molecule has 3 aromatic rings. The molecule has 0 saturated heterocycles. The van der Waals surface area contributed by atoms with Crippen LogP contribution in [0.3, 0.4) is 0 Å². The van der Waals surface area contributed by atoms with Gasteiger partial charge in [-0.2, -0.15) is 0 Å². The van der Waals surface area contributed by atoms with Crippen molar-refractivity contribution in [1.82, 2.24) is 0 Å². The van der Waals surface area contributed by atoms with Crippen LogP contribution in [-0.4, -0.2) is 17.4 Å². The minimum absolute atomic E-state index is 0.234. The van der Waals surface area contributed by atoms with E-state index in [0.717, 1.165) is 6.07 Å². The summed E-state index contributed by atoms with van der Waals surface area (Å²) in [5.41, 5.74) is 0.545. The summed E-state index contributed by atoms with van der Waals surface area (Å²) >= 11 is 2.63. The second-order valence-electron chi connectivity index (χ2n) is 4.70. The predicted molar refractivity (Wildman–Crippen MR) is 86.7 cm³/mol. The van der Waals surface area contributed by atoms with Crippen LogP contribution in [0.1, 0.15) is 10.4 Å². The Bertz CT molecular complexity index is 854. The highest BCUT2D eigenvalue weighted by atomic mass is 32.1. The Morgan fingerprint density at radius 3 is 2.17 bits per heavy atom. The van der Waals surface area contributed by atoms with Crippen molar-refractivity contribution >= 4 is 28.6 Å². The number of ether oxygens (including phenoxy) is 1. The van der Waals surface area contributed by atoms with Gasteiger partial charge in [0.15, 0.2) is 0 Å². The molecular weight excluding hydrogens is 361 g/mol. The fourth-order valence-electron chi connectivity index (χ4n) is 2.29. The maximum Gasteiger partial charge on any atom is 0.573 e. The van der Waals surface area contributed by atoms with Gasteiger partial charge >= 0.3 is 12.3 Å². The molecule has 2 heterocycles. The molecule has 0 aliphatic heterocycles. The van der Waals surface area contributed by atoms with Crippen molar-refractivity contribution in [3.05, 3.63) is 52.7 Å². The van der Waals surface area contributed by atoms with Crippen molar-refractivity contribution in [3.8, 4) is 26.6 Å². The summed E-state index contributed by atoms with van der Waals surface area (Å²) in [7, 11) is 0. The molecule has 0 radical (unpaired) electrons. The lowest BCUT2D eigenvalue weighted by atomic mass is 9.97. The number of aromatic carboxylic acids is 1. The molecule has 3 rings (SSSR count). The lowest BCUT2D eigenvalue weighted by Crippen LogP contribution is -2.17. The van der Waals surface area contributed by atoms with Gasteiger partial charge < -0.3 is 9.84 Å². The van der Waals surface area contributed by atoms with E-state index >= 15 is 0 Å². The summed E-state index contributed by atoms with van der Waals surface area (Å²) in [5, 5.41) is 13.0. The average Bonchev–Trinajstić information content (AvgIpc) is 3.18. The van der Waals surface area contributed by atoms with E-state index in [1.54, 1.807) is 35.0 Å². The Morgan fingerprint density at radius 1 is 1.04 bits per heavy atom. The van der Waals surface area contributed by atoms with Crippen LogP contribution in [0.2, 0.25) is 0 Å². The molecule has 8 heteroatoms. The number of hydrogen-bond donors (Lipinski definition) is 1. The number of thiophene rings is 2. The van der Waals surface area contributed by atoms with Crippen molar-refractivity contribution in [3.63, 3.8) is 0 Å². The molecule has 0 bridgehead atoms. The van der Waals surface area contributed by atoms with E-state index in [-0.39, 0.29) is 5.56 Å². The van der Waals surface area contributed by atoms with Crippen molar-refractivity contribution in [2.75, 3.05) is 0 Å². The standard InChI is InChI=1S/C16H9F3O3S2/c17-16(18,19)22-9-7-10(12-3-1-5-23-12)14(11(8-9)15(20)21)13-4-2-6-24-13/h1-8H,(H,20,21). The smallest absolute Gasteiger partial charge is 0.478 e. The number of carboxylic acid groups (broad SMARTS) is 1. The Morgan fingerprint density at radius 2 is 1.67 bits per heavy atom. The SMILES string of the molecule is O=C(O)c1cc(OC(F)(F)F)cc(-c2cccs2)c1-c1cccs1. The molecule has 1 N–H and O–H groups in total. The van der Waals surface area contributed by atoms with Crippen molar-refractivity contribution < 1.29 is 27.8 Å². The van der Waals surface area contributed by atoms with Crippen molar-refractivity contribution in [2.24, 2.45) is 0 Å². The Hall–Kier alpha value is -2.32. The summed E-state index contributed by atoms with van der Waals surface area (Å²) in [5.74, 6) is -1.87. The molecular formula is C16H9F3O3S2. The molecule has 124 valence electrons. The van der Waals surface area contributed by atoms with Gasteiger partial charge in [0.2, 0.25) is 0 Å². The zero-order chi connectivity index (χ0) is 17.3. The Kier molecular flexibility index (Phi) is 4.33. The van der Waals surface area contributed by atoms with Crippen LogP contribution in [0.5, 0.6) is 5.75 Å². The largest absolute Gasteiger partial charge is 0.573 e. The maximum atomic E-state index is 12.6. The first-order chi connectivity index (χ1) is 11.3. The third kappa shape index (κ3) is 3.44. The fraction of sp³-hybridized carbons (Fsp3) is 0.0625. The van der Waals surface area contributed by atoms with Crippen LogP contribution in [0.25, 0.3) is 20.9 Å². The highest BCUT2D eigenvalue weighted by Gasteiger charge is 2.32. The molecule has 0 aliphatic rings. The van der Waals surface area contributed by atoms with Gasteiger partial charge in [0.1, 0.15) is 5.75 Å². The molecule has 0 amide bonds. The molecule has 3 nitrogen and oxygen atoms in total. The molecule has 0 aliphatic carbocycles. The number of carboxylic acids is 1. The molecule has 0 fully saturated rings. The number of alkyl halides is 3. The third-order valence-electron chi connectivity index (χ3n) is 3.13. The highest BCUT2D eigenvalue weighted by molar-refractivity contribution is 7.14. The number of carbonyl (C=O) groups is 1. The molecule has 0 spiro atoms. The van der Waals surface area contributed by atoms with Crippen molar-refractivity contribution in [1.29, 1.82) is 0 Å². The molecule has 24 heavy (non-hydrogen) atoms. The van der Waals surface area contributed by atoms with E-state index in [9.17, 15) is 23.1 Å². The summed E-state index contributed by atoms with van der Waals surface area (Å²) in [4.78, 5) is 12.9. The number of benzene rings is 1. The van der Waals surface area contributed by atoms with Gasteiger partial charge in [0.25, 0.3) is 0 Å². The minimum Gasteiger partial charge on any atom is -0.478 e. The van der Waals surface area contributed by atoms with Crippen LogP contribution in [0.15, 0.2) is 47.2 Å². The Labute approximate surface area is 142 Å². The van der Waals surface area contributed by atoms with Gasteiger partial charge in [-0.1, -0.05) is 12.1 Å². The zero-order valence-electron chi connectivity index (χ0n) is 11.8. The van der Waals surface area contributed by atoms with Crippen LogP contribution in [-0.2, 0) is 0 Å². The van der Waals surface area contributed by atoms with Crippen LogP contribution in [0, 0.1) is 0 Å². The van der Waals surface area contributed by atoms with E-state index < -0.39 is 18.1 Å². The lowest BCUT2D eigenvalue weighted by molar-refractivity contribution is -0.274. The third-order valence-corrected chi connectivity index (χ3v) is 4.92.